The van der Waals surface area contributed by atoms with Gasteiger partial charge in [0.25, 0.3) is 0 Å². The third kappa shape index (κ3) is 2.41. The van der Waals surface area contributed by atoms with Gasteiger partial charge in [-0.3, -0.25) is 0 Å². The normalized spacial score (nSPS) is 9.69. The first kappa shape index (κ1) is 12.3. The summed E-state index contributed by atoms with van der Waals surface area (Å²) >= 11 is 0. The highest BCUT2D eigenvalue weighted by molar-refractivity contribution is 5.91. The Bertz CT molecular complexity index is 413. The lowest BCUT2D eigenvalue weighted by Crippen LogP contribution is -2.06. The van der Waals surface area contributed by atoms with Crippen LogP contribution in [0, 0.1) is 0 Å². The maximum Gasteiger partial charge on any atom is 0.337 e. The van der Waals surface area contributed by atoms with Gasteiger partial charge in [-0.05, 0) is 23.8 Å². The van der Waals surface area contributed by atoms with Crippen molar-refractivity contribution in [3.63, 3.8) is 0 Å². The molecule has 0 heterocycles. The van der Waals surface area contributed by atoms with Gasteiger partial charge in [0.2, 0.25) is 0 Å². The molecule has 0 radical (unpaired) electrons. The summed E-state index contributed by atoms with van der Waals surface area (Å²) in [6.07, 6.45) is 0. The molecule has 0 aromatic heterocycles. The number of ether oxygens (including phenoxy) is 2. The quantitative estimate of drug-likeness (QED) is 0.782. The Balaban J connectivity index is 3.21. The number of esters is 1. The summed E-state index contributed by atoms with van der Waals surface area (Å²) in [4.78, 5) is 11.4. The number of benzene rings is 1. The zero-order chi connectivity index (χ0) is 12.1. The summed E-state index contributed by atoms with van der Waals surface area (Å²) in [5, 5.41) is 0. The number of rotatable bonds is 4. The van der Waals surface area contributed by atoms with E-state index in [1.165, 1.54) is 7.11 Å². The Morgan fingerprint density at radius 2 is 2.12 bits per heavy atom. The third-order valence-electron chi connectivity index (χ3n) is 2.25. The molecule has 0 fully saturated rings. The second kappa shape index (κ2) is 5.32. The van der Waals surface area contributed by atoms with Gasteiger partial charge in [-0.15, -0.1) is 0 Å². The van der Waals surface area contributed by atoms with Crippen molar-refractivity contribution in [2.24, 2.45) is 5.73 Å². The lowest BCUT2D eigenvalue weighted by molar-refractivity contribution is 0.0600. The molecule has 0 aliphatic carbocycles. The molecular weight excluding hydrogens is 206 g/mol. The molecule has 0 atom stereocenters. The topological polar surface area (TPSA) is 61.6 Å². The van der Waals surface area contributed by atoms with E-state index in [2.05, 4.69) is 11.3 Å². The zero-order valence-electron chi connectivity index (χ0n) is 9.45. The minimum absolute atomic E-state index is 0.307. The zero-order valence-corrected chi connectivity index (χ0v) is 9.45. The van der Waals surface area contributed by atoms with Crippen molar-refractivity contribution in [1.29, 1.82) is 0 Å². The lowest BCUT2D eigenvalue weighted by Gasteiger charge is -2.11. The predicted octanol–water partition coefficient (Wildman–Crippen LogP) is 1.45. The molecule has 4 heteroatoms. The summed E-state index contributed by atoms with van der Waals surface area (Å²) in [5.74, 6) is 0.247. The number of hydrogen-bond donors (Lipinski definition) is 1. The molecule has 0 bridgehead atoms. The van der Waals surface area contributed by atoms with Gasteiger partial charge in [0.05, 0.1) is 19.8 Å². The molecule has 0 saturated heterocycles. The Morgan fingerprint density at radius 3 is 2.62 bits per heavy atom. The van der Waals surface area contributed by atoms with E-state index in [0.29, 0.717) is 23.4 Å². The van der Waals surface area contributed by atoms with Crippen LogP contribution in [0.1, 0.15) is 15.9 Å². The maximum atomic E-state index is 11.4. The second-order valence-corrected chi connectivity index (χ2v) is 3.21. The van der Waals surface area contributed by atoms with Crippen molar-refractivity contribution in [3.8, 4) is 5.75 Å². The molecule has 0 aliphatic heterocycles. The van der Waals surface area contributed by atoms with Crippen molar-refractivity contribution < 1.29 is 14.3 Å². The SMILES string of the molecule is C=C(CN)c1cc(C(=O)OC)ccc1OC. The van der Waals surface area contributed by atoms with Gasteiger partial charge in [-0.25, -0.2) is 4.79 Å². The van der Waals surface area contributed by atoms with E-state index in [4.69, 9.17) is 10.5 Å². The minimum atomic E-state index is -0.395. The van der Waals surface area contributed by atoms with Crippen LogP contribution in [-0.2, 0) is 4.74 Å². The smallest absolute Gasteiger partial charge is 0.337 e. The van der Waals surface area contributed by atoms with Crippen LogP contribution >= 0.6 is 0 Å². The van der Waals surface area contributed by atoms with Crippen LogP contribution in [0.3, 0.4) is 0 Å². The Kier molecular flexibility index (Phi) is 4.08. The van der Waals surface area contributed by atoms with Crippen molar-refractivity contribution in [2.45, 2.75) is 0 Å². The van der Waals surface area contributed by atoms with E-state index < -0.39 is 5.97 Å². The average molecular weight is 221 g/mol. The number of nitrogens with two attached hydrogens (primary N) is 1. The first-order valence-electron chi connectivity index (χ1n) is 4.78. The van der Waals surface area contributed by atoms with Crippen LogP contribution in [0.25, 0.3) is 5.57 Å². The molecule has 86 valence electrons. The summed E-state index contributed by atoms with van der Waals surface area (Å²) < 4.78 is 9.81. The molecular formula is C12H15NO3. The molecule has 16 heavy (non-hydrogen) atoms. The predicted molar refractivity (Wildman–Crippen MR) is 62.4 cm³/mol. The van der Waals surface area contributed by atoms with Crippen LogP contribution in [-0.4, -0.2) is 26.7 Å². The van der Waals surface area contributed by atoms with E-state index in [0.717, 1.165) is 5.56 Å². The molecule has 0 unspecified atom stereocenters. The summed E-state index contributed by atoms with van der Waals surface area (Å²) in [6.45, 7) is 4.13. The van der Waals surface area contributed by atoms with Crippen LogP contribution in [0.15, 0.2) is 24.8 Å². The van der Waals surface area contributed by atoms with E-state index in [9.17, 15) is 4.79 Å². The number of hydrogen-bond acceptors (Lipinski definition) is 4. The Hall–Kier alpha value is -1.81. The standard InChI is InChI=1S/C12H15NO3/c1-8(7-13)10-6-9(12(14)16-3)4-5-11(10)15-2/h4-6H,1,7,13H2,2-3H3. The van der Waals surface area contributed by atoms with Crippen LogP contribution in [0.2, 0.25) is 0 Å². The maximum absolute atomic E-state index is 11.4. The summed E-state index contributed by atoms with van der Waals surface area (Å²) in [5.41, 5.74) is 7.41. The van der Waals surface area contributed by atoms with E-state index in [1.54, 1.807) is 25.3 Å². The van der Waals surface area contributed by atoms with Crippen molar-refractivity contribution in [1.82, 2.24) is 0 Å². The molecule has 0 aliphatic rings. The lowest BCUT2D eigenvalue weighted by atomic mass is 10.0. The third-order valence-corrected chi connectivity index (χ3v) is 2.25. The fourth-order valence-corrected chi connectivity index (χ4v) is 1.34. The molecule has 4 nitrogen and oxygen atoms in total. The highest BCUT2D eigenvalue weighted by Crippen LogP contribution is 2.25. The van der Waals surface area contributed by atoms with Crippen molar-refractivity contribution in [3.05, 3.63) is 35.9 Å². The van der Waals surface area contributed by atoms with Gasteiger partial charge in [0, 0.05) is 12.1 Å². The first-order valence-corrected chi connectivity index (χ1v) is 4.78. The molecule has 1 rings (SSSR count). The van der Waals surface area contributed by atoms with Gasteiger partial charge >= 0.3 is 5.97 Å². The molecule has 0 amide bonds. The van der Waals surface area contributed by atoms with Gasteiger partial charge in [-0.2, -0.15) is 0 Å². The second-order valence-electron chi connectivity index (χ2n) is 3.21. The van der Waals surface area contributed by atoms with Crippen LogP contribution < -0.4 is 10.5 Å². The Morgan fingerprint density at radius 1 is 1.44 bits per heavy atom. The highest BCUT2D eigenvalue weighted by atomic mass is 16.5. The van der Waals surface area contributed by atoms with E-state index in [-0.39, 0.29) is 0 Å². The molecule has 0 spiro atoms. The summed E-state index contributed by atoms with van der Waals surface area (Å²) in [7, 11) is 2.89. The van der Waals surface area contributed by atoms with Gasteiger partial charge in [-0.1, -0.05) is 6.58 Å². The number of carbonyl (C=O) groups excluding carboxylic acids is 1. The van der Waals surface area contributed by atoms with E-state index in [1.807, 2.05) is 0 Å². The Labute approximate surface area is 94.7 Å². The molecule has 1 aromatic carbocycles. The fourth-order valence-electron chi connectivity index (χ4n) is 1.34. The monoisotopic (exact) mass is 221 g/mol. The number of methoxy groups -OCH3 is 2. The van der Waals surface area contributed by atoms with Crippen LogP contribution in [0.4, 0.5) is 0 Å². The van der Waals surface area contributed by atoms with Crippen LogP contribution in [0.5, 0.6) is 5.75 Å². The average Bonchev–Trinajstić information content (AvgIpc) is 2.35. The van der Waals surface area contributed by atoms with Crippen molar-refractivity contribution in [2.75, 3.05) is 20.8 Å². The van der Waals surface area contributed by atoms with Gasteiger partial charge in [0.15, 0.2) is 0 Å². The highest BCUT2D eigenvalue weighted by Gasteiger charge is 2.11. The van der Waals surface area contributed by atoms with Gasteiger partial charge < -0.3 is 15.2 Å². The van der Waals surface area contributed by atoms with Gasteiger partial charge in [0.1, 0.15) is 5.75 Å². The fraction of sp³-hybridized carbons (Fsp3) is 0.250. The molecule has 0 saturated carbocycles. The largest absolute Gasteiger partial charge is 0.496 e. The van der Waals surface area contributed by atoms with Crippen molar-refractivity contribution >= 4 is 11.5 Å². The first-order chi connectivity index (χ1) is 7.63. The minimum Gasteiger partial charge on any atom is -0.496 e. The summed E-state index contributed by atoms with van der Waals surface area (Å²) in [6, 6.07) is 5.00. The molecule has 2 N–H and O–H groups in total. The van der Waals surface area contributed by atoms with E-state index >= 15 is 0 Å². The number of carbonyl (C=O) groups is 1. The molecule has 1 aromatic rings.